The van der Waals surface area contributed by atoms with E-state index >= 15 is 0 Å². The lowest BCUT2D eigenvalue weighted by molar-refractivity contribution is 0.670. The van der Waals surface area contributed by atoms with E-state index in [2.05, 4.69) is 146 Å². The monoisotopic (exact) mass is 717 g/mol. The normalized spacial score (nSPS) is 14.1. The number of nitrogens with zero attached hydrogens (tertiary/aromatic N) is 3. The predicted octanol–water partition coefficient (Wildman–Crippen LogP) is 13.3. The zero-order valence-corrected chi connectivity index (χ0v) is 30.1. The molecule has 1 aliphatic rings. The molecule has 0 bridgehead atoms. The van der Waals surface area contributed by atoms with Crippen molar-refractivity contribution in [2.75, 3.05) is 0 Å². The van der Waals surface area contributed by atoms with Crippen molar-refractivity contribution in [3.8, 4) is 33.9 Å². The summed E-state index contributed by atoms with van der Waals surface area (Å²) in [6.07, 6.45) is 5.25. The third-order valence-electron chi connectivity index (χ3n) is 11.4. The molecule has 0 radical (unpaired) electrons. The maximum absolute atomic E-state index is 6.89. The molecule has 5 nitrogen and oxygen atoms in total. The molecule has 262 valence electrons. The highest BCUT2D eigenvalue weighted by atomic mass is 16.3. The molecule has 3 heterocycles. The highest BCUT2D eigenvalue weighted by Crippen LogP contribution is 2.46. The van der Waals surface area contributed by atoms with E-state index < -0.39 is 0 Å². The molecule has 3 aromatic heterocycles. The quantitative estimate of drug-likeness (QED) is 0.181. The number of furan rings is 2. The molecule has 0 fully saturated rings. The van der Waals surface area contributed by atoms with Gasteiger partial charge in [-0.3, -0.25) is 0 Å². The number of para-hydroxylation sites is 2. The lowest BCUT2D eigenvalue weighted by Gasteiger charge is -2.19. The Hall–Kier alpha value is -7.37. The van der Waals surface area contributed by atoms with E-state index in [9.17, 15) is 0 Å². The minimum atomic E-state index is -0.00199. The van der Waals surface area contributed by atoms with Gasteiger partial charge in [-0.25, -0.2) is 15.0 Å². The number of allylic oxidation sites excluding steroid dienone is 1. The summed E-state index contributed by atoms with van der Waals surface area (Å²) in [6.45, 7) is 0. The van der Waals surface area contributed by atoms with Gasteiger partial charge in [0.1, 0.15) is 28.2 Å². The molecule has 0 saturated heterocycles. The second-order valence-corrected chi connectivity index (χ2v) is 14.7. The molecule has 0 aliphatic heterocycles. The maximum Gasteiger partial charge on any atom is 0.164 e. The number of aromatic nitrogens is 3. The van der Waals surface area contributed by atoms with E-state index in [1.54, 1.807) is 0 Å². The first kappa shape index (κ1) is 31.0. The molecule has 0 N–H and O–H groups in total. The van der Waals surface area contributed by atoms with E-state index in [0.29, 0.717) is 11.6 Å². The Balaban J connectivity index is 1.09. The van der Waals surface area contributed by atoms with Crippen molar-refractivity contribution in [1.82, 2.24) is 15.0 Å². The molecule has 12 rings (SSSR count). The molecule has 1 aliphatic carbocycles. The summed E-state index contributed by atoms with van der Waals surface area (Å²) in [6, 6.07) is 55.0. The summed E-state index contributed by atoms with van der Waals surface area (Å²) in [5, 5.41) is 8.66. The number of hydrogen-bond acceptors (Lipinski definition) is 5. The van der Waals surface area contributed by atoms with E-state index in [1.807, 2.05) is 24.3 Å². The van der Waals surface area contributed by atoms with E-state index in [0.717, 1.165) is 94.5 Å². The van der Waals surface area contributed by atoms with E-state index in [-0.39, 0.29) is 5.92 Å². The molecule has 0 amide bonds. The van der Waals surface area contributed by atoms with Gasteiger partial charge in [0.2, 0.25) is 0 Å². The third kappa shape index (κ3) is 4.77. The van der Waals surface area contributed by atoms with Crippen LogP contribution in [0.4, 0.5) is 0 Å². The Morgan fingerprint density at radius 1 is 0.464 bits per heavy atom. The summed E-state index contributed by atoms with van der Waals surface area (Å²) >= 11 is 0. The van der Waals surface area contributed by atoms with Gasteiger partial charge in [-0.15, -0.1) is 0 Å². The molecule has 1 atom stereocenters. The van der Waals surface area contributed by atoms with Crippen molar-refractivity contribution < 1.29 is 8.83 Å². The van der Waals surface area contributed by atoms with Gasteiger partial charge in [-0.1, -0.05) is 146 Å². The molecule has 0 saturated carbocycles. The lowest BCUT2D eigenvalue weighted by atomic mass is 9.89. The standard InChI is InChI=1S/C51H31N3O2/c1-3-13-32-27-35(25-23-30(32)11-1)49-52-50(36-26-24-31-12-2-4-14-33(31)28-36)54-51(53-49)41-20-10-22-44-45(41)40-19-9-18-38(47(40)56-44)42-29-34-15-5-6-16-37(34)48-46(42)39-17-7-8-21-43(39)55-48/h1-27,29,36H,28H2. The van der Waals surface area contributed by atoms with Crippen LogP contribution in [0.2, 0.25) is 0 Å². The van der Waals surface area contributed by atoms with Gasteiger partial charge in [-0.05, 0) is 63.5 Å². The summed E-state index contributed by atoms with van der Waals surface area (Å²) < 4.78 is 13.5. The Labute approximate surface area is 321 Å². The van der Waals surface area contributed by atoms with Crippen molar-refractivity contribution in [2.45, 2.75) is 12.3 Å². The van der Waals surface area contributed by atoms with Gasteiger partial charge < -0.3 is 8.83 Å². The highest BCUT2D eigenvalue weighted by Gasteiger charge is 2.24. The van der Waals surface area contributed by atoms with Crippen molar-refractivity contribution in [3.05, 3.63) is 181 Å². The molecule has 11 aromatic rings. The first-order valence-electron chi connectivity index (χ1n) is 19.0. The zero-order valence-electron chi connectivity index (χ0n) is 30.1. The minimum Gasteiger partial charge on any atom is -0.455 e. The van der Waals surface area contributed by atoms with Gasteiger partial charge in [0.25, 0.3) is 0 Å². The fourth-order valence-electron chi connectivity index (χ4n) is 8.74. The molecule has 8 aromatic carbocycles. The summed E-state index contributed by atoms with van der Waals surface area (Å²) in [7, 11) is 0. The fraction of sp³-hybridized carbons (Fsp3) is 0.0392. The second kappa shape index (κ2) is 12.1. The number of hydrogen-bond donors (Lipinski definition) is 0. The zero-order chi connectivity index (χ0) is 36.7. The molecular formula is C51H31N3O2. The largest absolute Gasteiger partial charge is 0.455 e. The van der Waals surface area contributed by atoms with Crippen LogP contribution < -0.4 is 0 Å². The summed E-state index contributed by atoms with van der Waals surface area (Å²) in [4.78, 5) is 15.7. The molecular weight excluding hydrogens is 687 g/mol. The average molecular weight is 718 g/mol. The van der Waals surface area contributed by atoms with Crippen LogP contribution in [-0.2, 0) is 6.42 Å². The van der Waals surface area contributed by atoms with Crippen LogP contribution in [0, 0.1) is 0 Å². The Kier molecular flexibility index (Phi) is 6.69. The SMILES string of the molecule is C1=CC(c2nc(-c3ccc4ccccc4c3)nc(-c3cccc4oc5c(-c6cc7ccccc7c7oc8ccccc8c67)cccc5c34)n2)Cc2ccccc21. The van der Waals surface area contributed by atoms with Crippen molar-refractivity contribution in [1.29, 1.82) is 0 Å². The average Bonchev–Trinajstić information content (AvgIpc) is 3.85. The minimum absolute atomic E-state index is 0.00199. The highest BCUT2D eigenvalue weighted by molar-refractivity contribution is 6.24. The van der Waals surface area contributed by atoms with Gasteiger partial charge in [-0.2, -0.15) is 0 Å². The van der Waals surface area contributed by atoms with Crippen LogP contribution in [0.1, 0.15) is 22.9 Å². The van der Waals surface area contributed by atoms with Crippen LogP contribution in [0.3, 0.4) is 0 Å². The van der Waals surface area contributed by atoms with E-state index in [4.69, 9.17) is 23.8 Å². The maximum atomic E-state index is 6.89. The Morgan fingerprint density at radius 2 is 1.18 bits per heavy atom. The second-order valence-electron chi connectivity index (χ2n) is 14.7. The fourth-order valence-corrected chi connectivity index (χ4v) is 8.74. The van der Waals surface area contributed by atoms with Crippen LogP contribution in [0.25, 0.3) is 105 Å². The first-order chi connectivity index (χ1) is 27.7. The Morgan fingerprint density at radius 3 is 2.12 bits per heavy atom. The molecule has 1 unspecified atom stereocenters. The first-order valence-corrected chi connectivity index (χ1v) is 19.0. The molecule has 0 spiro atoms. The van der Waals surface area contributed by atoms with Crippen molar-refractivity contribution >= 4 is 71.5 Å². The number of fused-ring (bicyclic) bond motifs is 10. The van der Waals surface area contributed by atoms with Gasteiger partial charge in [0.15, 0.2) is 11.6 Å². The van der Waals surface area contributed by atoms with Crippen LogP contribution in [-0.4, -0.2) is 15.0 Å². The van der Waals surface area contributed by atoms with Crippen LogP contribution in [0.5, 0.6) is 0 Å². The third-order valence-corrected chi connectivity index (χ3v) is 11.4. The lowest BCUT2D eigenvalue weighted by Crippen LogP contribution is -2.12. The predicted molar refractivity (Wildman–Crippen MR) is 228 cm³/mol. The number of benzene rings is 8. The van der Waals surface area contributed by atoms with Crippen molar-refractivity contribution in [2.24, 2.45) is 0 Å². The van der Waals surface area contributed by atoms with Crippen LogP contribution in [0.15, 0.2) is 173 Å². The van der Waals surface area contributed by atoms with Gasteiger partial charge in [0.05, 0.1) is 0 Å². The van der Waals surface area contributed by atoms with E-state index in [1.165, 1.54) is 16.5 Å². The van der Waals surface area contributed by atoms with Crippen LogP contribution >= 0.6 is 0 Å². The topological polar surface area (TPSA) is 65.0 Å². The smallest absolute Gasteiger partial charge is 0.164 e. The van der Waals surface area contributed by atoms with Crippen molar-refractivity contribution in [3.63, 3.8) is 0 Å². The summed E-state index contributed by atoms with van der Waals surface area (Å²) in [5.41, 5.74) is 9.80. The van der Waals surface area contributed by atoms with Gasteiger partial charge >= 0.3 is 0 Å². The molecule has 56 heavy (non-hydrogen) atoms. The molecule has 5 heteroatoms. The summed E-state index contributed by atoms with van der Waals surface area (Å²) in [5.74, 6) is 2.02. The number of rotatable bonds is 4. The van der Waals surface area contributed by atoms with Gasteiger partial charge in [0, 0.05) is 49.5 Å². The Bertz CT molecular complexity index is 3430.